The first-order chi connectivity index (χ1) is 10.2. The van der Waals surface area contributed by atoms with Gasteiger partial charge in [-0.25, -0.2) is 0 Å². The summed E-state index contributed by atoms with van der Waals surface area (Å²) in [5.41, 5.74) is 5.46. The molecule has 1 saturated heterocycles. The van der Waals surface area contributed by atoms with Crippen molar-refractivity contribution in [2.75, 3.05) is 26.2 Å². The number of amides is 2. The van der Waals surface area contributed by atoms with Crippen LogP contribution >= 0.6 is 0 Å². The highest BCUT2D eigenvalue weighted by atomic mass is 16.2. The minimum atomic E-state index is -0.121. The first kappa shape index (κ1) is 16.3. The average Bonchev–Trinajstić information content (AvgIpc) is 3.05. The van der Waals surface area contributed by atoms with E-state index in [1.807, 2.05) is 4.90 Å². The zero-order chi connectivity index (χ0) is 15.1. The molecule has 2 aliphatic rings. The Hall–Kier alpha value is -1.10. The molecular weight excluding hydrogens is 266 g/mol. The van der Waals surface area contributed by atoms with Crippen molar-refractivity contribution < 1.29 is 9.59 Å². The molecule has 1 saturated carbocycles. The van der Waals surface area contributed by atoms with Crippen LogP contribution in [0.5, 0.6) is 0 Å². The lowest BCUT2D eigenvalue weighted by Gasteiger charge is -2.32. The van der Waals surface area contributed by atoms with Gasteiger partial charge < -0.3 is 16.0 Å². The van der Waals surface area contributed by atoms with Gasteiger partial charge in [-0.05, 0) is 45.1 Å². The lowest BCUT2D eigenvalue weighted by Crippen LogP contribution is -2.44. The predicted octanol–water partition coefficient (Wildman–Crippen LogP) is 1.27. The zero-order valence-corrected chi connectivity index (χ0v) is 13.0. The molecule has 1 aliphatic heterocycles. The van der Waals surface area contributed by atoms with Gasteiger partial charge in [0.1, 0.15) is 0 Å². The lowest BCUT2D eigenvalue weighted by molar-refractivity contribution is -0.142. The third-order valence-electron chi connectivity index (χ3n) is 4.77. The molecule has 1 heterocycles. The van der Waals surface area contributed by atoms with Gasteiger partial charge in [0.2, 0.25) is 11.8 Å². The highest BCUT2D eigenvalue weighted by Crippen LogP contribution is 2.32. The van der Waals surface area contributed by atoms with Crippen molar-refractivity contribution in [3.63, 3.8) is 0 Å². The van der Waals surface area contributed by atoms with E-state index >= 15 is 0 Å². The zero-order valence-electron chi connectivity index (χ0n) is 13.0. The molecule has 2 unspecified atom stereocenters. The van der Waals surface area contributed by atoms with E-state index in [-0.39, 0.29) is 23.7 Å². The fourth-order valence-electron chi connectivity index (χ4n) is 3.52. The van der Waals surface area contributed by atoms with E-state index in [0.717, 1.165) is 64.5 Å². The molecular formula is C16H29N3O2. The Labute approximate surface area is 127 Å². The smallest absolute Gasteiger partial charge is 0.226 e. The maximum Gasteiger partial charge on any atom is 0.226 e. The van der Waals surface area contributed by atoms with E-state index in [1.54, 1.807) is 0 Å². The summed E-state index contributed by atoms with van der Waals surface area (Å²) in [7, 11) is 0. The largest absolute Gasteiger partial charge is 0.356 e. The van der Waals surface area contributed by atoms with Crippen LogP contribution in [-0.4, -0.2) is 42.9 Å². The van der Waals surface area contributed by atoms with Gasteiger partial charge in [0.15, 0.2) is 0 Å². The summed E-state index contributed by atoms with van der Waals surface area (Å²) in [5, 5.41) is 3.00. The van der Waals surface area contributed by atoms with E-state index in [0.29, 0.717) is 13.1 Å². The maximum absolute atomic E-state index is 12.6. The summed E-state index contributed by atoms with van der Waals surface area (Å²) >= 11 is 0. The molecule has 21 heavy (non-hydrogen) atoms. The minimum Gasteiger partial charge on any atom is -0.356 e. The summed E-state index contributed by atoms with van der Waals surface area (Å²) in [4.78, 5) is 27.0. The molecule has 0 aromatic heterocycles. The van der Waals surface area contributed by atoms with E-state index in [2.05, 4.69) is 5.32 Å². The molecule has 5 nitrogen and oxygen atoms in total. The summed E-state index contributed by atoms with van der Waals surface area (Å²) in [5.74, 6) is 0.0784. The normalized spacial score (nSPS) is 25.9. The average molecular weight is 295 g/mol. The van der Waals surface area contributed by atoms with Crippen molar-refractivity contribution in [3.8, 4) is 0 Å². The number of nitrogens with one attached hydrogen (secondary N) is 1. The third-order valence-corrected chi connectivity index (χ3v) is 4.77. The minimum absolute atomic E-state index is 0.0734. The number of carbonyl (C=O) groups excluding carboxylic acids is 2. The summed E-state index contributed by atoms with van der Waals surface area (Å²) in [6.07, 6.45) is 7.92. The predicted molar refractivity (Wildman–Crippen MR) is 82.6 cm³/mol. The molecule has 120 valence electrons. The summed E-state index contributed by atoms with van der Waals surface area (Å²) in [6.45, 7) is 3.09. The van der Waals surface area contributed by atoms with Gasteiger partial charge in [0, 0.05) is 31.5 Å². The highest BCUT2D eigenvalue weighted by molar-refractivity contribution is 5.88. The fourth-order valence-corrected chi connectivity index (χ4v) is 3.52. The Kier molecular flexibility index (Phi) is 6.49. The standard InChI is InChI=1S/C16H29N3O2/c17-9-3-4-10-18-15(20)13-7-1-2-8-14(13)16(21)19-11-5-6-12-19/h13-14H,1-12,17H2,(H,18,20). The molecule has 2 amide bonds. The van der Waals surface area contributed by atoms with Gasteiger partial charge in [-0.15, -0.1) is 0 Å². The molecule has 5 heteroatoms. The maximum atomic E-state index is 12.6. The van der Waals surface area contributed by atoms with Gasteiger partial charge in [0.25, 0.3) is 0 Å². The molecule has 3 N–H and O–H groups in total. The molecule has 2 rings (SSSR count). The first-order valence-corrected chi connectivity index (χ1v) is 8.50. The second-order valence-electron chi connectivity index (χ2n) is 6.32. The van der Waals surface area contributed by atoms with Crippen LogP contribution in [0.4, 0.5) is 0 Å². The molecule has 2 atom stereocenters. The molecule has 0 radical (unpaired) electrons. The summed E-state index contributed by atoms with van der Waals surface area (Å²) in [6, 6.07) is 0. The van der Waals surface area contributed by atoms with Gasteiger partial charge in [-0.1, -0.05) is 12.8 Å². The quantitative estimate of drug-likeness (QED) is 0.725. The van der Waals surface area contributed by atoms with Crippen LogP contribution in [0.3, 0.4) is 0 Å². The van der Waals surface area contributed by atoms with Crippen LogP contribution in [0.15, 0.2) is 0 Å². The number of likely N-dealkylation sites (tertiary alicyclic amines) is 1. The van der Waals surface area contributed by atoms with Gasteiger partial charge >= 0.3 is 0 Å². The second kappa shape index (κ2) is 8.37. The fraction of sp³-hybridized carbons (Fsp3) is 0.875. The Balaban J connectivity index is 1.88. The Morgan fingerprint density at radius 1 is 1.00 bits per heavy atom. The molecule has 0 aromatic carbocycles. The number of carbonyl (C=O) groups is 2. The Bertz CT molecular complexity index is 353. The van der Waals surface area contributed by atoms with Gasteiger partial charge in [-0.3, -0.25) is 9.59 Å². The molecule has 2 fully saturated rings. The SMILES string of the molecule is NCCCCNC(=O)C1CCCCC1C(=O)N1CCCC1. The number of rotatable bonds is 6. The Morgan fingerprint density at radius 3 is 2.33 bits per heavy atom. The van der Waals surface area contributed by atoms with Crippen molar-refractivity contribution in [1.82, 2.24) is 10.2 Å². The molecule has 1 aliphatic carbocycles. The van der Waals surface area contributed by atoms with Crippen LogP contribution in [0, 0.1) is 11.8 Å². The first-order valence-electron chi connectivity index (χ1n) is 8.50. The number of hydrogen-bond donors (Lipinski definition) is 2. The number of nitrogens with two attached hydrogens (primary N) is 1. The van der Waals surface area contributed by atoms with E-state index in [4.69, 9.17) is 5.73 Å². The van der Waals surface area contributed by atoms with E-state index < -0.39 is 0 Å². The van der Waals surface area contributed by atoms with Crippen molar-refractivity contribution in [2.24, 2.45) is 17.6 Å². The number of nitrogens with zero attached hydrogens (tertiary/aromatic N) is 1. The number of hydrogen-bond acceptors (Lipinski definition) is 3. The van der Waals surface area contributed by atoms with Crippen LogP contribution in [0.2, 0.25) is 0 Å². The van der Waals surface area contributed by atoms with Crippen LogP contribution in [0.1, 0.15) is 51.4 Å². The monoisotopic (exact) mass is 295 g/mol. The van der Waals surface area contributed by atoms with Crippen LogP contribution in [-0.2, 0) is 9.59 Å². The summed E-state index contributed by atoms with van der Waals surface area (Å²) < 4.78 is 0. The highest BCUT2D eigenvalue weighted by Gasteiger charge is 2.38. The van der Waals surface area contributed by atoms with Crippen LogP contribution in [0.25, 0.3) is 0 Å². The van der Waals surface area contributed by atoms with Crippen molar-refractivity contribution >= 4 is 11.8 Å². The molecule has 0 bridgehead atoms. The van der Waals surface area contributed by atoms with Gasteiger partial charge in [0.05, 0.1) is 0 Å². The Morgan fingerprint density at radius 2 is 1.67 bits per heavy atom. The van der Waals surface area contributed by atoms with Crippen molar-refractivity contribution in [3.05, 3.63) is 0 Å². The number of unbranched alkanes of at least 4 members (excludes halogenated alkanes) is 1. The molecule has 0 aromatic rings. The molecule has 0 spiro atoms. The van der Waals surface area contributed by atoms with Crippen LogP contribution < -0.4 is 11.1 Å². The third kappa shape index (κ3) is 4.43. The van der Waals surface area contributed by atoms with Crippen molar-refractivity contribution in [1.29, 1.82) is 0 Å². The van der Waals surface area contributed by atoms with Crippen molar-refractivity contribution in [2.45, 2.75) is 51.4 Å². The van der Waals surface area contributed by atoms with E-state index in [1.165, 1.54) is 0 Å². The topological polar surface area (TPSA) is 75.4 Å². The van der Waals surface area contributed by atoms with E-state index in [9.17, 15) is 9.59 Å². The van der Waals surface area contributed by atoms with Gasteiger partial charge in [-0.2, -0.15) is 0 Å². The lowest BCUT2D eigenvalue weighted by atomic mass is 9.78. The second-order valence-corrected chi connectivity index (χ2v) is 6.32.